The largest absolute Gasteiger partial charge is 0.442 e. The molecule has 6 heteroatoms. The van der Waals surface area contributed by atoms with Gasteiger partial charge in [0.15, 0.2) is 0 Å². The van der Waals surface area contributed by atoms with Crippen molar-refractivity contribution in [1.82, 2.24) is 15.3 Å². The zero-order chi connectivity index (χ0) is 19.7. The smallest absolute Gasteiger partial charge is 0.255 e. The average Bonchev–Trinajstić information content (AvgIpc) is 3.33. The number of fused-ring (bicyclic) bond motifs is 1. The summed E-state index contributed by atoms with van der Waals surface area (Å²) in [6.07, 6.45) is 3.28. The summed E-state index contributed by atoms with van der Waals surface area (Å²) in [5.41, 5.74) is 3.39. The highest BCUT2D eigenvalue weighted by Gasteiger charge is 2.26. The molecule has 0 spiro atoms. The molecule has 1 N–H and O–H groups in total. The van der Waals surface area contributed by atoms with E-state index in [0.29, 0.717) is 29.4 Å². The first kappa shape index (κ1) is 18.5. The summed E-state index contributed by atoms with van der Waals surface area (Å²) >= 11 is 0. The van der Waals surface area contributed by atoms with Crippen LogP contribution in [-0.4, -0.2) is 29.0 Å². The van der Waals surface area contributed by atoms with E-state index in [0.717, 1.165) is 49.1 Å². The average molecular weight is 378 g/mol. The number of hydrogen-bond donors (Lipinski definition) is 1. The van der Waals surface area contributed by atoms with Crippen molar-refractivity contribution in [2.45, 2.75) is 46.6 Å². The Morgan fingerprint density at radius 1 is 1.11 bits per heavy atom. The zero-order valence-corrected chi connectivity index (χ0v) is 16.7. The van der Waals surface area contributed by atoms with Crippen molar-refractivity contribution in [1.29, 1.82) is 0 Å². The van der Waals surface area contributed by atoms with Crippen LogP contribution in [0.5, 0.6) is 0 Å². The Labute approximate surface area is 165 Å². The minimum atomic E-state index is -0.149. The summed E-state index contributed by atoms with van der Waals surface area (Å²) in [6, 6.07) is 8.31. The molecule has 0 saturated carbocycles. The van der Waals surface area contributed by atoms with E-state index in [4.69, 9.17) is 4.42 Å². The van der Waals surface area contributed by atoms with Crippen LogP contribution in [0.15, 0.2) is 28.7 Å². The highest BCUT2D eigenvalue weighted by molar-refractivity contribution is 6.10. The molecule has 0 atom stereocenters. The normalized spacial score (nSPS) is 14.0. The lowest BCUT2D eigenvalue weighted by atomic mass is 10.1. The lowest BCUT2D eigenvalue weighted by Gasteiger charge is -2.18. The highest BCUT2D eigenvalue weighted by Crippen LogP contribution is 2.33. The standard InChI is InChI=1S/C22H26N4O2/c1-4-16-7-9-17(10-8-16)13-23-21(27)18-14(2)28-22-19(18)20(24-15(3)25-22)26-11-5-6-12-26/h7-10H,4-6,11-13H2,1-3H3,(H,23,27). The number of furan rings is 1. The number of hydrogen-bond acceptors (Lipinski definition) is 5. The maximum atomic E-state index is 13.0. The summed E-state index contributed by atoms with van der Waals surface area (Å²) in [7, 11) is 0. The van der Waals surface area contributed by atoms with Crippen molar-refractivity contribution in [3.05, 3.63) is 52.5 Å². The van der Waals surface area contributed by atoms with Gasteiger partial charge in [0.05, 0.1) is 10.9 Å². The van der Waals surface area contributed by atoms with E-state index >= 15 is 0 Å². The molecule has 0 bridgehead atoms. The van der Waals surface area contributed by atoms with E-state index in [2.05, 4.69) is 51.4 Å². The first-order valence-corrected chi connectivity index (χ1v) is 9.95. The Morgan fingerprint density at radius 3 is 2.46 bits per heavy atom. The SMILES string of the molecule is CCc1ccc(CNC(=O)c2c(C)oc3nc(C)nc(N4CCCC4)c23)cc1. The lowest BCUT2D eigenvalue weighted by molar-refractivity contribution is 0.0951. The van der Waals surface area contributed by atoms with Gasteiger partial charge in [-0.1, -0.05) is 31.2 Å². The van der Waals surface area contributed by atoms with Crippen LogP contribution in [0, 0.1) is 13.8 Å². The summed E-state index contributed by atoms with van der Waals surface area (Å²) < 4.78 is 5.84. The third-order valence-corrected chi connectivity index (χ3v) is 5.34. The van der Waals surface area contributed by atoms with Gasteiger partial charge in [-0.05, 0) is 44.2 Å². The molecule has 3 aromatic rings. The minimum absolute atomic E-state index is 0.149. The Kier molecular flexibility index (Phi) is 5.03. The molecule has 0 unspecified atom stereocenters. The van der Waals surface area contributed by atoms with Gasteiger partial charge in [-0.25, -0.2) is 4.98 Å². The van der Waals surface area contributed by atoms with Gasteiger partial charge in [-0.2, -0.15) is 4.98 Å². The number of nitrogens with zero attached hydrogens (tertiary/aromatic N) is 3. The number of benzene rings is 1. The molecule has 1 fully saturated rings. The van der Waals surface area contributed by atoms with Gasteiger partial charge >= 0.3 is 0 Å². The number of carbonyl (C=O) groups is 1. The number of nitrogens with one attached hydrogen (secondary N) is 1. The van der Waals surface area contributed by atoms with Gasteiger partial charge in [-0.15, -0.1) is 0 Å². The molecule has 1 aliphatic rings. The number of aryl methyl sites for hydroxylation is 3. The van der Waals surface area contributed by atoms with Gasteiger partial charge in [0.2, 0.25) is 5.71 Å². The predicted molar refractivity (Wildman–Crippen MR) is 110 cm³/mol. The first-order chi connectivity index (χ1) is 13.6. The molecule has 1 saturated heterocycles. The van der Waals surface area contributed by atoms with Crippen LogP contribution in [0.2, 0.25) is 0 Å². The lowest BCUT2D eigenvalue weighted by Crippen LogP contribution is -2.25. The third kappa shape index (κ3) is 3.46. The minimum Gasteiger partial charge on any atom is -0.442 e. The van der Waals surface area contributed by atoms with Crippen molar-refractivity contribution < 1.29 is 9.21 Å². The molecule has 4 rings (SSSR count). The number of aromatic nitrogens is 2. The van der Waals surface area contributed by atoms with Crippen LogP contribution in [0.4, 0.5) is 5.82 Å². The highest BCUT2D eigenvalue weighted by atomic mass is 16.3. The second-order valence-corrected chi connectivity index (χ2v) is 7.35. The van der Waals surface area contributed by atoms with Crippen LogP contribution >= 0.6 is 0 Å². The molecule has 6 nitrogen and oxygen atoms in total. The molecule has 0 radical (unpaired) electrons. The fourth-order valence-corrected chi connectivity index (χ4v) is 3.79. The fourth-order valence-electron chi connectivity index (χ4n) is 3.79. The Morgan fingerprint density at radius 2 is 1.79 bits per heavy atom. The molecule has 28 heavy (non-hydrogen) atoms. The number of anilines is 1. The molecule has 2 aromatic heterocycles. The maximum Gasteiger partial charge on any atom is 0.255 e. The molecule has 1 aliphatic heterocycles. The number of amides is 1. The van der Waals surface area contributed by atoms with Crippen LogP contribution < -0.4 is 10.2 Å². The molecule has 1 aromatic carbocycles. The number of carbonyl (C=O) groups excluding carboxylic acids is 1. The van der Waals surface area contributed by atoms with Gasteiger partial charge in [0.25, 0.3) is 5.91 Å². The third-order valence-electron chi connectivity index (χ3n) is 5.34. The van der Waals surface area contributed by atoms with Gasteiger partial charge in [-0.3, -0.25) is 4.79 Å². The topological polar surface area (TPSA) is 71.3 Å². The van der Waals surface area contributed by atoms with E-state index in [1.165, 1.54) is 5.56 Å². The second-order valence-electron chi connectivity index (χ2n) is 7.35. The molecular formula is C22H26N4O2. The summed E-state index contributed by atoms with van der Waals surface area (Å²) in [5, 5.41) is 3.76. The molecule has 0 aliphatic carbocycles. The molecule has 1 amide bonds. The Balaban J connectivity index is 1.65. The predicted octanol–water partition coefficient (Wildman–Crippen LogP) is 3.93. The maximum absolute atomic E-state index is 13.0. The van der Waals surface area contributed by atoms with Crippen LogP contribution in [0.3, 0.4) is 0 Å². The van der Waals surface area contributed by atoms with E-state index in [1.807, 2.05) is 13.8 Å². The molecular weight excluding hydrogens is 352 g/mol. The van der Waals surface area contributed by atoms with Gasteiger partial charge < -0.3 is 14.6 Å². The summed E-state index contributed by atoms with van der Waals surface area (Å²) in [5.74, 6) is 1.90. The monoisotopic (exact) mass is 378 g/mol. The van der Waals surface area contributed by atoms with Crippen molar-refractivity contribution >= 4 is 22.8 Å². The quantitative estimate of drug-likeness (QED) is 0.728. The van der Waals surface area contributed by atoms with Crippen LogP contribution in [0.25, 0.3) is 11.1 Å². The van der Waals surface area contributed by atoms with Crippen molar-refractivity contribution in [3.8, 4) is 0 Å². The van der Waals surface area contributed by atoms with Crippen molar-refractivity contribution in [2.75, 3.05) is 18.0 Å². The van der Waals surface area contributed by atoms with Gasteiger partial charge in [0.1, 0.15) is 17.4 Å². The molecule has 3 heterocycles. The van der Waals surface area contributed by atoms with E-state index in [-0.39, 0.29) is 5.91 Å². The summed E-state index contributed by atoms with van der Waals surface area (Å²) in [4.78, 5) is 24.3. The zero-order valence-electron chi connectivity index (χ0n) is 16.7. The van der Waals surface area contributed by atoms with Crippen molar-refractivity contribution in [2.24, 2.45) is 0 Å². The van der Waals surface area contributed by atoms with E-state index in [9.17, 15) is 4.79 Å². The van der Waals surface area contributed by atoms with E-state index < -0.39 is 0 Å². The second kappa shape index (κ2) is 7.62. The molecule has 146 valence electrons. The van der Waals surface area contributed by atoms with Gasteiger partial charge in [0, 0.05) is 19.6 Å². The Bertz CT molecular complexity index is 1000. The Hall–Kier alpha value is -2.89. The fraction of sp³-hybridized carbons (Fsp3) is 0.409. The van der Waals surface area contributed by atoms with E-state index in [1.54, 1.807) is 0 Å². The van der Waals surface area contributed by atoms with Crippen molar-refractivity contribution in [3.63, 3.8) is 0 Å². The first-order valence-electron chi connectivity index (χ1n) is 9.95. The van der Waals surface area contributed by atoms with Crippen LogP contribution in [0.1, 0.15) is 52.8 Å². The summed E-state index contributed by atoms with van der Waals surface area (Å²) in [6.45, 7) is 8.17. The number of rotatable bonds is 5. The van der Waals surface area contributed by atoms with Crippen LogP contribution in [-0.2, 0) is 13.0 Å².